The standard InChI is InChI=1S/C19H23F2N3O/c1-3-12(17(18(20)21)24-22-2)19(25)23-16-7-5-4-6-13(16)15-10-14(15)11-8-9-11/h3-7,11,14-15,18,22H,8-10H2,1-2H3,(H,23,25)/b12-3+,24-17+. The summed E-state index contributed by atoms with van der Waals surface area (Å²) in [5.41, 5.74) is 3.47. The molecule has 2 aliphatic rings. The van der Waals surface area contributed by atoms with Gasteiger partial charge in [0.25, 0.3) is 12.3 Å². The van der Waals surface area contributed by atoms with Gasteiger partial charge >= 0.3 is 0 Å². The van der Waals surface area contributed by atoms with E-state index >= 15 is 0 Å². The van der Waals surface area contributed by atoms with Crippen molar-refractivity contribution in [2.45, 2.75) is 38.5 Å². The van der Waals surface area contributed by atoms with Crippen LogP contribution >= 0.6 is 0 Å². The SMILES string of the molecule is C/C=C(C(=O)Nc1ccccc1C1CC1C1CC1)\C(=N/NC)C(F)F. The Hall–Kier alpha value is -2.24. The van der Waals surface area contributed by atoms with Gasteiger partial charge in [-0.25, -0.2) is 8.78 Å². The zero-order valence-electron chi connectivity index (χ0n) is 14.4. The third kappa shape index (κ3) is 3.89. The molecule has 0 aliphatic heterocycles. The van der Waals surface area contributed by atoms with E-state index in [1.54, 1.807) is 6.92 Å². The average Bonchev–Trinajstić information content (AvgIpc) is 3.47. The predicted octanol–water partition coefficient (Wildman–Crippen LogP) is 3.93. The van der Waals surface area contributed by atoms with Crippen molar-refractivity contribution in [3.63, 3.8) is 0 Å². The van der Waals surface area contributed by atoms with E-state index in [9.17, 15) is 13.6 Å². The van der Waals surface area contributed by atoms with Crippen LogP contribution in [-0.4, -0.2) is 25.1 Å². The van der Waals surface area contributed by atoms with Crippen molar-refractivity contribution in [2.24, 2.45) is 16.9 Å². The fourth-order valence-corrected chi connectivity index (χ4v) is 3.48. The molecular weight excluding hydrogens is 324 g/mol. The van der Waals surface area contributed by atoms with Crippen LogP contribution in [0, 0.1) is 11.8 Å². The summed E-state index contributed by atoms with van der Waals surface area (Å²) in [6, 6.07) is 7.66. The minimum atomic E-state index is -2.83. The molecule has 0 aromatic heterocycles. The zero-order chi connectivity index (χ0) is 18.0. The van der Waals surface area contributed by atoms with Gasteiger partial charge in [0.2, 0.25) is 0 Å². The molecule has 1 amide bonds. The Kier molecular flexibility index (Phi) is 5.16. The second kappa shape index (κ2) is 7.33. The molecule has 1 aromatic carbocycles. The van der Waals surface area contributed by atoms with Gasteiger partial charge in [-0.05, 0) is 55.6 Å². The number of benzene rings is 1. The molecular formula is C19H23F2N3O. The molecule has 0 heterocycles. The summed E-state index contributed by atoms with van der Waals surface area (Å²) >= 11 is 0. The Morgan fingerprint density at radius 1 is 1.32 bits per heavy atom. The quantitative estimate of drug-likeness (QED) is 0.446. The second-order valence-corrected chi connectivity index (χ2v) is 6.61. The summed E-state index contributed by atoms with van der Waals surface area (Å²) in [7, 11) is 1.42. The van der Waals surface area contributed by atoms with E-state index in [1.807, 2.05) is 24.3 Å². The zero-order valence-corrected chi connectivity index (χ0v) is 14.4. The van der Waals surface area contributed by atoms with Gasteiger partial charge in [-0.3, -0.25) is 4.79 Å². The molecule has 2 unspecified atom stereocenters. The monoisotopic (exact) mass is 347 g/mol. The molecule has 0 saturated heterocycles. The van der Waals surface area contributed by atoms with E-state index < -0.39 is 18.0 Å². The highest BCUT2D eigenvalue weighted by Gasteiger charge is 2.48. The first kappa shape index (κ1) is 17.6. The van der Waals surface area contributed by atoms with Crippen molar-refractivity contribution in [1.82, 2.24) is 5.43 Å². The number of halogens is 2. The Morgan fingerprint density at radius 3 is 2.64 bits per heavy atom. The normalized spacial score (nSPS) is 23.6. The maximum Gasteiger partial charge on any atom is 0.282 e. The van der Waals surface area contributed by atoms with Crippen LogP contribution in [0.4, 0.5) is 14.5 Å². The maximum absolute atomic E-state index is 13.2. The number of carbonyl (C=O) groups is 1. The average molecular weight is 347 g/mol. The molecule has 3 rings (SSSR count). The lowest BCUT2D eigenvalue weighted by molar-refractivity contribution is -0.112. The number of rotatable bonds is 7. The minimum Gasteiger partial charge on any atom is -0.322 e. The van der Waals surface area contributed by atoms with Crippen LogP contribution in [-0.2, 0) is 4.79 Å². The largest absolute Gasteiger partial charge is 0.322 e. The Bertz CT molecular complexity index is 710. The summed E-state index contributed by atoms with van der Waals surface area (Å²) < 4.78 is 26.4. The highest BCUT2D eigenvalue weighted by atomic mass is 19.3. The van der Waals surface area contributed by atoms with E-state index in [4.69, 9.17) is 0 Å². The lowest BCUT2D eigenvalue weighted by atomic mass is 10.0. The van der Waals surface area contributed by atoms with E-state index in [1.165, 1.54) is 26.0 Å². The Balaban J connectivity index is 1.77. The molecule has 2 aliphatic carbocycles. The molecule has 4 nitrogen and oxygen atoms in total. The number of para-hydroxylation sites is 1. The lowest BCUT2D eigenvalue weighted by Crippen LogP contribution is -2.27. The van der Waals surface area contributed by atoms with Gasteiger partial charge in [0, 0.05) is 12.7 Å². The van der Waals surface area contributed by atoms with Crippen molar-refractivity contribution in [1.29, 1.82) is 0 Å². The number of carbonyl (C=O) groups excluding carboxylic acids is 1. The van der Waals surface area contributed by atoms with E-state index in [-0.39, 0.29) is 5.57 Å². The number of anilines is 1. The van der Waals surface area contributed by atoms with E-state index in [0.29, 0.717) is 17.5 Å². The summed E-state index contributed by atoms with van der Waals surface area (Å²) in [6.45, 7) is 1.55. The molecule has 2 atom stereocenters. The third-order valence-corrected chi connectivity index (χ3v) is 4.92. The summed E-state index contributed by atoms with van der Waals surface area (Å²) in [5.74, 6) is 1.45. The third-order valence-electron chi connectivity index (χ3n) is 4.92. The van der Waals surface area contributed by atoms with Gasteiger partial charge in [0.05, 0.1) is 5.57 Å². The first-order chi connectivity index (χ1) is 12.1. The van der Waals surface area contributed by atoms with Crippen molar-refractivity contribution < 1.29 is 13.6 Å². The van der Waals surface area contributed by atoms with Crippen LogP contribution in [0.25, 0.3) is 0 Å². The first-order valence-corrected chi connectivity index (χ1v) is 8.66. The highest BCUT2D eigenvalue weighted by molar-refractivity contribution is 6.26. The van der Waals surface area contributed by atoms with E-state index in [0.717, 1.165) is 17.9 Å². The molecule has 134 valence electrons. The number of amides is 1. The molecule has 0 bridgehead atoms. The summed E-state index contributed by atoms with van der Waals surface area (Å²) in [5, 5.41) is 6.37. The Morgan fingerprint density at radius 2 is 2.04 bits per heavy atom. The lowest BCUT2D eigenvalue weighted by Gasteiger charge is -2.14. The van der Waals surface area contributed by atoms with Crippen LogP contribution in [0.1, 0.15) is 37.7 Å². The fraction of sp³-hybridized carbons (Fsp3) is 0.474. The van der Waals surface area contributed by atoms with Crippen LogP contribution in [0.2, 0.25) is 0 Å². The van der Waals surface area contributed by atoms with Crippen molar-refractivity contribution in [2.75, 3.05) is 12.4 Å². The number of hydrogen-bond acceptors (Lipinski definition) is 3. The van der Waals surface area contributed by atoms with Crippen molar-refractivity contribution >= 4 is 17.3 Å². The van der Waals surface area contributed by atoms with Crippen LogP contribution in [0.3, 0.4) is 0 Å². The predicted molar refractivity (Wildman–Crippen MR) is 94.9 cm³/mol. The molecule has 0 radical (unpaired) electrons. The summed E-state index contributed by atoms with van der Waals surface area (Å²) in [4.78, 5) is 12.6. The van der Waals surface area contributed by atoms with Crippen LogP contribution < -0.4 is 10.7 Å². The smallest absolute Gasteiger partial charge is 0.282 e. The summed E-state index contributed by atoms with van der Waals surface area (Å²) in [6.07, 6.45) is 2.29. The van der Waals surface area contributed by atoms with E-state index in [2.05, 4.69) is 15.8 Å². The number of hydrazone groups is 1. The van der Waals surface area contributed by atoms with Gasteiger partial charge in [0.15, 0.2) is 0 Å². The number of alkyl halides is 2. The van der Waals surface area contributed by atoms with Gasteiger partial charge in [-0.15, -0.1) is 0 Å². The number of hydrogen-bond donors (Lipinski definition) is 2. The minimum absolute atomic E-state index is 0.117. The van der Waals surface area contributed by atoms with Gasteiger partial charge in [0.1, 0.15) is 5.71 Å². The molecule has 2 N–H and O–H groups in total. The maximum atomic E-state index is 13.2. The molecule has 2 saturated carbocycles. The fourth-order valence-electron chi connectivity index (χ4n) is 3.48. The highest BCUT2D eigenvalue weighted by Crippen LogP contribution is 2.60. The molecule has 0 spiro atoms. The van der Waals surface area contributed by atoms with Crippen LogP contribution in [0.5, 0.6) is 0 Å². The molecule has 25 heavy (non-hydrogen) atoms. The van der Waals surface area contributed by atoms with Crippen molar-refractivity contribution in [3.05, 3.63) is 41.5 Å². The number of nitrogens with one attached hydrogen (secondary N) is 2. The molecule has 2 fully saturated rings. The number of allylic oxidation sites excluding steroid dienone is 1. The van der Waals surface area contributed by atoms with Crippen molar-refractivity contribution in [3.8, 4) is 0 Å². The van der Waals surface area contributed by atoms with Crippen LogP contribution in [0.15, 0.2) is 41.0 Å². The second-order valence-electron chi connectivity index (χ2n) is 6.61. The van der Waals surface area contributed by atoms with Gasteiger partial charge in [-0.2, -0.15) is 5.10 Å². The topological polar surface area (TPSA) is 53.5 Å². The molecule has 1 aromatic rings. The van der Waals surface area contributed by atoms with Gasteiger partial charge in [-0.1, -0.05) is 24.3 Å². The number of nitrogens with zero attached hydrogens (tertiary/aromatic N) is 1. The molecule has 6 heteroatoms. The van der Waals surface area contributed by atoms with Gasteiger partial charge < -0.3 is 10.7 Å². The Labute approximate surface area is 146 Å². The first-order valence-electron chi connectivity index (χ1n) is 8.66.